The van der Waals surface area contributed by atoms with Crippen molar-refractivity contribution in [2.24, 2.45) is 0 Å². The van der Waals surface area contributed by atoms with E-state index in [-0.39, 0.29) is 11.7 Å². The van der Waals surface area contributed by atoms with Crippen LogP contribution in [0.5, 0.6) is 0 Å². The van der Waals surface area contributed by atoms with Crippen LogP contribution >= 0.6 is 23.4 Å². The molecule has 24 heavy (non-hydrogen) atoms. The Balaban J connectivity index is 1.44. The summed E-state index contributed by atoms with van der Waals surface area (Å²) in [6, 6.07) is 7.46. The van der Waals surface area contributed by atoms with E-state index in [0.29, 0.717) is 28.6 Å². The monoisotopic (exact) mass is 365 g/mol. The summed E-state index contributed by atoms with van der Waals surface area (Å²) in [6.45, 7) is 0.413. The predicted octanol–water partition coefficient (Wildman–Crippen LogP) is 4.18. The Morgan fingerprint density at radius 2 is 2.04 bits per heavy atom. The summed E-state index contributed by atoms with van der Waals surface area (Å²) in [5.74, 6) is 1.26. The molecule has 1 heterocycles. The van der Waals surface area contributed by atoms with Gasteiger partial charge in [0.1, 0.15) is 0 Å². The molecule has 0 atom stereocenters. The van der Waals surface area contributed by atoms with Crippen molar-refractivity contribution in [3.05, 3.63) is 40.7 Å². The minimum atomic E-state index is -0.0858. The van der Waals surface area contributed by atoms with Crippen LogP contribution in [0.1, 0.15) is 49.5 Å². The summed E-state index contributed by atoms with van der Waals surface area (Å²) in [5, 5.41) is 12.1. The topological polar surface area (TPSA) is 68.0 Å². The Kier molecular flexibility index (Phi) is 6.15. The SMILES string of the molecule is O=C(CSc1nnc(C2CCCCC2)o1)NCc1ccccc1Cl. The van der Waals surface area contributed by atoms with Crippen molar-refractivity contribution in [1.82, 2.24) is 15.5 Å². The molecular weight excluding hydrogens is 346 g/mol. The molecule has 0 bridgehead atoms. The molecule has 0 spiro atoms. The fraction of sp³-hybridized carbons (Fsp3) is 0.471. The van der Waals surface area contributed by atoms with Gasteiger partial charge in [0.25, 0.3) is 5.22 Å². The number of carbonyl (C=O) groups excluding carboxylic acids is 1. The van der Waals surface area contributed by atoms with E-state index in [1.165, 1.54) is 31.0 Å². The summed E-state index contributed by atoms with van der Waals surface area (Å²) in [5.41, 5.74) is 0.898. The standard InChI is InChI=1S/C17H20ClN3O2S/c18-14-9-5-4-8-13(14)10-19-15(22)11-24-17-21-20-16(23-17)12-6-2-1-3-7-12/h4-5,8-9,12H,1-3,6-7,10-11H2,(H,19,22). The molecule has 0 aliphatic heterocycles. The Morgan fingerprint density at radius 1 is 1.25 bits per heavy atom. The molecule has 1 N–H and O–H groups in total. The molecule has 3 rings (SSSR count). The fourth-order valence-electron chi connectivity index (χ4n) is 2.81. The molecule has 0 unspecified atom stereocenters. The van der Waals surface area contributed by atoms with Crippen molar-refractivity contribution in [3.63, 3.8) is 0 Å². The number of benzene rings is 1. The van der Waals surface area contributed by atoms with Crippen LogP contribution in [0.4, 0.5) is 0 Å². The van der Waals surface area contributed by atoms with Crippen LogP contribution in [-0.2, 0) is 11.3 Å². The molecule has 1 aliphatic rings. The second-order valence-electron chi connectivity index (χ2n) is 5.90. The molecule has 1 aliphatic carbocycles. The molecule has 1 amide bonds. The largest absolute Gasteiger partial charge is 0.416 e. The lowest BCUT2D eigenvalue weighted by atomic mass is 9.89. The molecule has 1 aromatic heterocycles. The second-order valence-corrected chi connectivity index (χ2v) is 7.23. The van der Waals surface area contributed by atoms with E-state index in [4.69, 9.17) is 16.0 Å². The first-order chi connectivity index (χ1) is 11.7. The molecule has 128 valence electrons. The van der Waals surface area contributed by atoms with E-state index in [2.05, 4.69) is 15.5 Å². The summed E-state index contributed by atoms with van der Waals surface area (Å²) >= 11 is 7.33. The number of nitrogens with one attached hydrogen (secondary N) is 1. The zero-order valence-corrected chi connectivity index (χ0v) is 14.9. The van der Waals surface area contributed by atoms with Gasteiger partial charge >= 0.3 is 0 Å². The van der Waals surface area contributed by atoms with Gasteiger partial charge in [0.2, 0.25) is 11.8 Å². The summed E-state index contributed by atoms with van der Waals surface area (Å²) in [7, 11) is 0. The molecule has 0 saturated heterocycles. The maximum atomic E-state index is 11.9. The van der Waals surface area contributed by atoms with Crippen LogP contribution in [0.25, 0.3) is 0 Å². The van der Waals surface area contributed by atoms with Gasteiger partial charge in [0.05, 0.1) is 5.75 Å². The van der Waals surface area contributed by atoms with Crippen LogP contribution in [0.3, 0.4) is 0 Å². The minimum Gasteiger partial charge on any atom is -0.416 e. The van der Waals surface area contributed by atoms with Crippen molar-refractivity contribution in [3.8, 4) is 0 Å². The van der Waals surface area contributed by atoms with Crippen LogP contribution in [0.15, 0.2) is 33.9 Å². The third kappa shape index (κ3) is 4.74. The number of carbonyl (C=O) groups is 1. The summed E-state index contributed by atoms with van der Waals surface area (Å²) < 4.78 is 5.70. The Morgan fingerprint density at radius 3 is 2.83 bits per heavy atom. The second kappa shape index (κ2) is 8.53. The smallest absolute Gasteiger partial charge is 0.277 e. The molecule has 1 saturated carbocycles. The van der Waals surface area contributed by atoms with Gasteiger partial charge in [0, 0.05) is 17.5 Å². The van der Waals surface area contributed by atoms with Crippen molar-refractivity contribution in [2.75, 3.05) is 5.75 Å². The molecule has 7 heteroatoms. The normalized spacial score (nSPS) is 15.4. The number of hydrogen-bond donors (Lipinski definition) is 1. The van der Waals surface area contributed by atoms with E-state index in [0.717, 1.165) is 18.4 Å². The number of aromatic nitrogens is 2. The van der Waals surface area contributed by atoms with E-state index in [9.17, 15) is 4.79 Å². The third-order valence-corrected chi connectivity index (χ3v) is 5.32. The van der Waals surface area contributed by atoms with Crippen molar-refractivity contribution < 1.29 is 9.21 Å². The highest BCUT2D eigenvalue weighted by Crippen LogP contribution is 2.32. The Labute approximate surface area is 150 Å². The number of amides is 1. The molecule has 0 radical (unpaired) electrons. The molecular formula is C17H20ClN3O2S. The molecule has 1 aromatic carbocycles. The lowest BCUT2D eigenvalue weighted by Gasteiger charge is -2.17. The number of nitrogens with zero attached hydrogens (tertiary/aromatic N) is 2. The number of halogens is 1. The maximum absolute atomic E-state index is 11.9. The lowest BCUT2D eigenvalue weighted by Crippen LogP contribution is -2.24. The maximum Gasteiger partial charge on any atom is 0.277 e. The fourth-order valence-corrected chi connectivity index (χ4v) is 3.61. The van der Waals surface area contributed by atoms with Crippen molar-refractivity contribution >= 4 is 29.3 Å². The van der Waals surface area contributed by atoms with Crippen LogP contribution in [0.2, 0.25) is 5.02 Å². The van der Waals surface area contributed by atoms with E-state index < -0.39 is 0 Å². The van der Waals surface area contributed by atoms with Crippen molar-refractivity contribution in [1.29, 1.82) is 0 Å². The zero-order valence-electron chi connectivity index (χ0n) is 13.3. The van der Waals surface area contributed by atoms with Gasteiger partial charge in [-0.1, -0.05) is 60.8 Å². The number of hydrogen-bond acceptors (Lipinski definition) is 5. The summed E-state index contributed by atoms with van der Waals surface area (Å²) in [4.78, 5) is 11.9. The third-order valence-electron chi connectivity index (χ3n) is 4.14. The van der Waals surface area contributed by atoms with Gasteiger partial charge < -0.3 is 9.73 Å². The average Bonchev–Trinajstić information content (AvgIpc) is 3.09. The Bertz CT molecular complexity index is 686. The van der Waals surface area contributed by atoms with Gasteiger partial charge in [-0.3, -0.25) is 4.79 Å². The highest BCUT2D eigenvalue weighted by Gasteiger charge is 2.21. The Hall–Kier alpha value is -1.53. The van der Waals surface area contributed by atoms with Gasteiger partial charge in [-0.2, -0.15) is 0 Å². The molecule has 2 aromatic rings. The molecule has 5 nitrogen and oxygen atoms in total. The van der Waals surface area contributed by atoms with Gasteiger partial charge in [-0.25, -0.2) is 0 Å². The zero-order chi connectivity index (χ0) is 16.8. The highest BCUT2D eigenvalue weighted by molar-refractivity contribution is 7.99. The lowest BCUT2D eigenvalue weighted by molar-refractivity contribution is -0.118. The first-order valence-electron chi connectivity index (χ1n) is 8.18. The van der Waals surface area contributed by atoms with E-state index in [1.54, 1.807) is 0 Å². The predicted molar refractivity (Wildman–Crippen MR) is 94.1 cm³/mol. The minimum absolute atomic E-state index is 0.0858. The van der Waals surface area contributed by atoms with Gasteiger partial charge in [-0.05, 0) is 24.5 Å². The van der Waals surface area contributed by atoms with Crippen LogP contribution in [-0.4, -0.2) is 21.9 Å². The van der Waals surface area contributed by atoms with E-state index in [1.807, 2.05) is 24.3 Å². The quantitative estimate of drug-likeness (QED) is 0.778. The van der Waals surface area contributed by atoms with Crippen LogP contribution < -0.4 is 5.32 Å². The van der Waals surface area contributed by atoms with Gasteiger partial charge in [-0.15, -0.1) is 10.2 Å². The first-order valence-corrected chi connectivity index (χ1v) is 9.55. The van der Waals surface area contributed by atoms with Gasteiger partial charge in [0.15, 0.2) is 0 Å². The highest BCUT2D eigenvalue weighted by atomic mass is 35.5. The molecule has 1 fully saturated rings. The average molecular weight is 366 g/mol. The van der Waals surface area contributed by atoms with Crippen molar-refractivity contribution in [2.45, 2.75) is 49.8 Å². The summed E-state index contributed by atoms with van der Waals surface area (Å²) in [6.07, 6.45) is 5.97. The first kappa shape index (κ1) is 17.3. The van der Waals surface area contributed by atoms with Crippen LogP contribution in [0, 0.1) is 0 Å². The number of rotatable bonds is 6. The van der Waals surface area contributed by atoms with E-state index >= 15 is 0 Å². The number of thioether (sulfide) groups is 1.